The molecule has 1 saturated heterocycles. The Kier molecular flexibility index (Phi) is 4.17. The van der Waals surface area contributed by atoms with E-state index in [2.05, 4.69) is 35.2 Å². The van der Waals surface area contributed by atoms with Crippen molar-refractivity contribution in [2.24, 2.45) is 0 Å². The number of hydrogen-bond acceptors (Lipinski definition) is 4. The van der Waals surface area contributed by atoms with Gasteiger partial charge in [0.2, 0.25) is 0 Å². The fraction of sp³-hybridized carbons (Fsp3) is 0.400. The molecule has 2 aliphatic heterocycles. The highest BCUT2D eigenvalue weighted by atomic mass is 16.5. The molecule has 2 aliphatic rings. The second kappa shape index (κ2) is 6.46. The van der Waals surface area contributed by atoms with E-state index >= 15 is 0 Å². The molecule has 2 aromatic carbocycles. The molecule has 0 N–H and O–H groups in total. The van der Waals surface area contributed by atoms with E-state index in [1.165, 1.54) is 11.1 Å². The van der Waals surface area contributed by atoms with E-state index < -0.39 is 0 Å². The molecule has 4 nitrogen and oxygen atoms in total. The largest absolute Gasteiger partial charge is 0.496 e. The average molecular weight is 325 g/mol. The van der Waals surface area contributed by atoms with Gasteiger partial charge in [-0.2, -0.15) is 0 Å². The summed E-state index contributed by atoms with van der Waals surface area (Å²) < 4.78 is 17.5. The molecule has 0 aromatic heterocycles. The van der Waals surface area contributed by atoms with Gasteiger partial charge in [-0.05, 0) is 17.7 Å². The maximum Gasteiger partial charge on any atom is 0.125 e. The third kappa shape index (κ3) is 2.76. The molecule has 126 valence electrons. The van der Waals surface area contributed by atoms with E-state index in [1.807, 2.05) is 12.1 Å². The molecule has 2 atom stereocenters. The molecule has 1 fully saturated rings. The van der Waals surface area contributed by atoms with E-state index in [9.17, 15) is 0 Å². The summed E-state index contributed by atoms with van der Waals surface area (Å²) in [7, 11) is 3.45. The molecular formula is C20H23NO3. The van der Waals surface area contributed by atoms with Crippen LogP contribution in [-0.2, 0) is 17.7 Å². The average Bonchev–Trinajstić information content (AvgIpc) is 2.61. The Morgan fingerprint density at radius 3 is 2.50 bits per heavy atom. The number of hydrogen-bond donors (Lipinski definition) is 0. The third-order valence-corrected chi connectivity index (χ3v) is 4.96. The number of morpholine rings is 1. The number of rotatable bonds is 4. The lowest BCUT2D eigenvalue weighted by Gasteiger charge is -2.43. The van der Waals surface area contributed by atoms with Crippen molar-refractivity contribution >= 4 is 0 Å². The summed E-state index contributed by atoms with van der Waals surface area (Å²) in [5.74, 6) is 1.84. The fourth-order valence-electron chi connectivity index (χ4n) is 3.94. The molecule has 0 radical (unpaired) electrons. The van der Waals surface area contributed by atoms with Crippen LogP contribution in [0, 0.1) is 0 Å². The third-order valence-electron chi connectivity index (χ3n) is 4.96. The van der Waals surface area contributed by atoms with E-state index in [0.29, 0.717) is 0 Å². The molecule has 4 rings (SSSR count). The van der Waals surface area contributed by atoms with Crippen molar-refractivity contribution in [3.05, 3.63) is 59.2 Å². The molecule has 0 aliphatic carbocycles. The lowest BCUT2D eigenvalue weighted by molar-refractivity contribution is -0.0997. The highest BCUT2D eigenvalue weighted by Gasteiger charge is 2.38. The molecule has 0 unspecified atom stereocenters. The van der Waals surface area contributed by atoms with Crippen LogP contribution in [0.25, 0.3) is 0 Å². The van der Waals surface area contributed by atoms with E-state index in [1.54, 1.807) is 14.2 Å². The Morgan fingerprint density at radius 1 is 1.00 bits per heavy atom. The van der Waals surface area contributed by atoms with Gasteiger partial charge in [-0.15, -0.1) is 0 Å². The van der Waals surface area contributed by atoms with Crippen LogP contribution in [0.1, 0.15) is 22.8 Å². The summed E-state index contributed by atoms with van der Waals surface area (Å²) in [6, 6.07) is 14.6. The van der Waals surface area contributed by atoms with Crippen molar-refractivity contribution in [3.8, 4) is 11.5 Å². The Hall–Kier alpha value is -2.04. The maximum absolute atomic E-state index is 6.28. The van der Waals surface area contributed by atoms with Gasteiger partial charge in [0.25, 0.3) is 0 Å². The number of ether oxygens (including phenoxy) is 3. The van der Waals surface area contributed by atoms with Crippen LogP contribution >= 0.6 is 0 Å². The van der Waals surface area contributed by atoms with Crippen molar-refractivity contribution in [1.82, 2.24) is 4.90 Å². The first kappa shape index (κ1) is 15.5. The summed E-state index contributed by atoms with van der Waals surface area (Å²) in [6.45, 7) is 2.78. The minimum Gasteiger partial charge on any atom is -0.496 e. The van der Waals surface area contributed by atoms with Crippen LogP contribution < -0.4 is 9.47 Å². The summed E-state index contributed by atoms with van der Waals surface area (Å²) in [4.78, 5) is 2.48. The molecule has 4 heteroatoms. The van der Waals surface area contributed by atoms with Crippen LogP contribution in [0.2, 0.25) is 0 Å². The highest BCUT2D eigenvalue weighted by molar-refractivity contribution is 5.51. The first-order valence-electron chi connectivity index (χ1n) is 8.44. The van der Waals surface area contributed by atoms with Crippen LogP contribution in [0.15, 0.2) is 42.5 Å². The number of benzene rings is 2. The predicted octanol–water partition coefficient (Wildman–Crippen LogP) is 3.20. The standard InChI is InChI=1S/C20H23NO3/c1-22-17-8-9-18(23-2)20-16(17)10-15-12-21(13-19(20)24-15)11-14-6-4-3-5-7-14/h3-9,15,19H,10-13H2,1-2H3/t15-,19-/m1/s1. The Bertz CT molecular complexity index is 716. The summed E-state index contributed by atoms with van der Waals surface area (Å²) in [5.41, 5.74) is 3.75. The minimum atomic E-state index is 0.0428. The molecule has 2 aromatic rings. The second-order valence-corrected chi connectivity index (χ2v) is 6.49. The maximum atomic E-state index is 6.28. The SMILES string of the molecule is COc1ccc(OC)c2c1C[C@@H]1CN(Cc3ccccc3)C[C@H]2O1. The van der Waals surface area contributed by atoms with E-state index in [0.717, 1.165) is 43.1 Å². The van der Waals surface area contributed by atoms with Crippen LogP contribution in [0.4, 0.5) is 0 Å². The van der Waals surface area contributed by atoms with E-state index in [4.69, 9.17) is 14.2 Å². The first-order chi connectivity index (χ1) is 11.8. The van der Waals surface area contributed by atoms with Gasteiger partial charge in [-0.1, -0.05) is 30.3 Å². The van der Waals surface area contributed by atoms with E-state index in [-0.39, 0.29) is 12.2 Å². The van der Waals surface area contributed by atoms with Crippen molar-refractivity contribution in [1.29, 1.82) is 0 Å². The lowest BCUT2D eigenvalue weighted by atomic mass is 9.89. The molecule has 2 bridgehead atoms. The smallest absolute Gasteiger partial charge is 0.125 e. The van der Waals surface area contributed by atoms with Crippen LogP contribution in [-0.4, -0.2) is 38.3 Å². The van der Waals surface area contributed by atoms with Crippen molar-refractivity contribution in [2.45, 2.75) is 25.2 Å². The first-order valence-corrected chi connectivity index (χ1v) is 8.44. The summed E-state index contributed by atoms with van der Waals surface area (Å²) in [5, 5.41) is 0. The van der Waals surface area contributed by atoms with Crippen molar-refractivity contribution < 1.29 is 14.2 Å². The lowest BCUT2D eigenvalue weighted by Crippen LogP contribution is -2.47. The Balaban J connectivity index is 1.63. The van der Waals surface area contributed by atoms with Gasteiger partial charge in [-0.3, -0.25) is 4.90 Å². The number of methoxy groups -OCH3 is 2. The predicted molar refractivity (Wildman–Crippen MR) is 92.6 cm³/mol. The zero-order chi connectivity index (χ0) is 16.5. The number of nitrogens with zero attached hydrogens (tertiary/aromatic N) is 1. The summed E-state index contributed by atoms with van der Waals surface area (Å²) in [6.07, 6.45) is 1.12. The molecule has 24 heavy (non-hydrogen) atoms. The van der Waals surface area contributed by atoms with Gasteiger partial charge in [0.05, 0.1) is 26.4 Å². The van der Waals surface area contributed by atoms with Crippen molar-refractivity contribution in [2.75, 3.05) is 27.3 Å². The number of fused-ring (bicyclic) bond motifs is 4. The molecule has 0 spiro atoms. The molecule has 2 heterocycles. The molecule has 0 saturated carbocycles. The minimum absolute atomic E-state index is 0.0428. The van der Waals surface area contributed by atoms with Gasteiger partial charge < -0.3 is 14.2 Å². The zero-order valence-electron chi connectivity index (χ0n) is 14.2. The second-order valence-electron chi connectivity index (χ2n) is 6.49. The van der Waals surface area contributed by atoms with Crippen LogP contribution in [0.5, 0.6) is 11.5 Å². The quantitative estimate of drug-likeness (QED) is 0.864. The summed E-state index contributed by atoms with van der Waals surface area (Å²) >= 11 is 0. The van der Waals surface area contributed by atoms with Gasteiger partial charge in [0.1, 0.15) is 11.5 Å². The van der Waals surface area contributed by atoms with Gasteiger partial charge in [-0.25, -0.2) is 0 Å². The van der Waals surface area contributed by atoms with Crippen molar-refractivity contribution in [3.63, 3.8) is 0 Å². The zero-order valence-corrected chi connectivity index (χ0v) is 14.2. The van der Waals surface area contributed by atoms with Gasteiger partial charge >= 0.3 is 0 Å². The van der Waals surface area contributed by atoms with Gasteiger partial charge in [0.15, 0.2) is 0 Å². The Labute approximate surface area is 142 Å². The monoisotopic (exact) mass is 325 g/mol. The topological polar surface area (TPSA) is 30.9 Å². The van der Waals surface area contributed by atoms with Gasteiger partial charge in [0, 0.05) is 37.2 Å². The molecular weight excluding hydrogens is 302 g/mol. The fourth-order valence-corrected chi connectivity index (χ4v) is 3.94. The molecule has 0 amide bonds. The highest BCUT2D eigenvalue weighted by Crippen LogP contribution is 2.43. The normalized spacial score (nSPS) is 22.8. The van der Waals surface area contributed by atoms with Crippen LogP contribution in [0.3, 0.4) is 0 Å². The Morgan fingerprint density at radius 2 is 1.75 bits per heavy atom.